The highest BCUT2D eigenvalue weighted by Gasteiger charge is 2.13. The first kappa shape index (κ1) is 22.0. The first-order chi connectivity index (χ1) is 14.4. The molecule has 0 radical (unpaired) electrons. The summed E-state index contributed by atoms with van der Waals surface area (Å²) in [4.78, 5) is 12.5. The van der Waals surface area contributed by atoms with Gasteiger partial charge in [-0.2, -0.15) is 0 Å². The summed E-state index contributed by atoms with van der Waals surface area (Å²) in [7, 11) is -2.16. The molecule has 158 valence electrons. The molecular formula is C20H23N5O3S2. The number of benzene rings is 2. The van der Waals surface area contributed by atoms with Crippen molar-refractivity contribution in [1.29, 1.82) is 0 Å². The highest BCUT2D eigenvalue weighted by molar-refractivity contribution is 7.99. The third-order valence-corrected chi connectivity index (χ3v) is 6.80. The van der Waals surface area contributed by atoms with E-state index in [1.807, 2.05) is 22.8 Å². The SMILES string of the molecule is CCc1ccccc1-n1cnnc1SCC(=O)NCc1cccc(S(=O)(=O)NC)c1. The summed E-state index contributed by atoms with van der Waals surface area (Å²) in [5.41, 5.74) is 2.86. The lowest BCUT2D eigenvalue weighted by Gasteiger charge is -2.11. The van der Waals surface area contributed by atoms with Crippen LogP contribution in [0.15, 0.2) is 64.9 Å². The van der Waals surface area contributed by atoms with Crippen molar-refractivity contribution in [1.82, 2.24) is 24.8 Å². The number of nitrogens with one attached hydrogen (secondary N) is 2. The van der Waals surface area contributed by atoms with Crippen molar-refractivity contribution in [2.75, 3.05) is 12.8 Å². The standard InChI is InChI=1S/C20H23N5O3S2/c1-3-16-8-4-5-10-18(16)25-14-23-24-20(25)29-13-19(26)22-12-15-7-6-9-17(11-15)30(27,28)21-2/h4-11,14,21H,3,12-13H2,1-2H3,(H,22,26). The van der Waals surface area contributed by atoms with Gasteiger partial charge in [0.05, 0.1) is 16.3 Å². The summed E-state index contributed by atoms with van der Waals surface area (Å²) in [6.07, 6.45) is 2.52. The fourth-order valence-electron chi connectivity index (χ4n) is 2.86. The number of carbonyl (C=O) groups is 1. The Labute approximate surface area is 180 Å². The monoisotopic (exact) mass is 445 g/mol. The Balaban J connectivity index is 1.61. The van der Waals surface area contributed by atoms with Crippen LogP contribution in [0.5, 0.6) is 0 Å². The summed E-state index contributed by atoms with van der Waals surface area (Å²) < 4.78 is 28.0. The zero-order valence-corrected chi connectivity index (χ0v) is 18.3. The minimum Gasteiger partial charge on any atom is -0.351 e. The van der Waals surface area contributed by atoms with Crippen LogP contribution in [0, 0.1) is 0 Å². The number of carbonyl (C=O) groups excluding carboxylic acids is 1. The van der Waals surface area contributed by atoms with E-state index in [1.165, 1.54) is 36.5 Å². The van der Waals surface area contributed by atoms with Crippen molar-refractivity contribution in [3.8, 4) is 5.69 Å². The number of para-hydroxylation sites is 1. The third-order valence-electron chi connectivity index (χ3n) is 4.45. The number of rotatable bonds is 9. The van der Waals surface area contributed by atoms with Gasteiger partial charge >= 0.3 is 0 Å². The van der Waals surface area contributed by atoms with Crippen molar-refractivity contribution < 1.29 is 13.2 Å². The second kappa shape index (κ2) is 9.88. The molecule has 0 bridgehead atoms. The Morgan fingerprint density at radius 1 is 1.17 bits per heavy atom. The maximum atomic E-state index is 12.3. The molecule has 2 N–H and O–H groups in total. The Morgan fingerprint density at radius 2 is 1.97 bits per heavy atom. The first-order valence-corrected chi connectivity index (χ1v) is 11.8. The topological polar surface area (TPSA) is 106 Å². The predicted molar refractivity (Wildman–Crippen MR) is 116 cm³/mol. The van der Waals surface area contributed by atoms with Gasteiger partial charge in [-0.05, 0) is 42.8 Å². The average molecular weight is 446 g/mol. The molecule has 1 heterocycles. The van der Waals surface area contributed by atoms with Gasteiger partial charge in [0.15, 0.2) is 5.16 Å². The van der Waals surface area contributed by atoms with Crippen LogP contribution in [0.25, 0.3) is 5.69 Å². The van der Waals surface area contributed by atoms with E-state index in [2.05, 4.69) is 33.2 Å². The second-order valence-corrected chi connectivity index (χ2v) is 9.22. The van der Waals surface area contributed by atoms with Gasteiger partial charge in [-0.3, -0.25) is 9.36 Å². The van der Waals surface area contributed by atoms with Crippen molar-refractivity contribution in [3.05, 3.63) is 66.0 Å². The molecule has 0 spiro atoms. The molecule has 0 fully saturated rings. The van der Waals surface area contributed by atoms with Gasteiger partial charge in [0.25, 0.3) is 0 Å². The van der Waals surface area contributed by atoms with E-state index in [4.69, 9.17) is 0 Å². The van der Waals surface area contributed by atoms with E-state index in [0.29, 0.717) is 10.7 Å². The zero-order valence-electron chi connectivity index (χ0n) is 16.7. The van der Waals surface area contributed by atoms with Crippen LogP contribution in [-0.2, 0) is 27.8 Å². The van der Waals surface area contributed by atoms with Crippen molar-refractivity contribution >= 4 is 27.7 Å². The van der Waals surface area contributed by atoms with Gasteiger partial charge in [0.1, 0.15) is 6.33 Å². The van der Waals surface area contributed by atoms with Crippen molar-refractivity contribution in [3.63, 3.8) is 0 Å². The van der Waals surface area contributed by atoms with Gasteiger partial charge < -0.3 is 5.32 Å². The highest BCUT2D eigenvalue weighted by atomic mass is 32.2. The Bertz CT molecular complexity index is 1130. The fourth-order valence-corrected chi connectivity index (χ4v) is 4.41. The molecule has 0 saturated carbocycles. The van der Waals surface area contributed by atoms with E-state index in [1.54, 1.807) is 18.5 Å². The number of thioether (sulfide) groups is 1. The van der Waals surface area contributed by atoms with Crippen LogP contribution in [0.2, 0.25) is 0 Å². The Hall–Kier alpha value is -2.69. The Kier molecular flexibility index (Phi) is 7.24. The van der Waals surface area contributed by atoms with Gasteiger partial charge in [-0.1, -0.05) is 49.0 Å². The summed E-state index contributed by atoms with van der Waals surface area (Å²) in [5, 5.41) is 11.6. The molecule has 30 heavy (non-hydrogen) atoms. The van der Waals surface area contributed by atoms with Crippen LogP contribution in [-0.4, -0.2) is 41.9 Å². The molecule has 0 unspecified atom stereocenters. The summed E-state index contributed by atoms with van der Waals surface area (Å²) >= 11 is 1.29. The average Bonchev–Trinajstić information content (AvgIpc) is 3.24. The molecule has 0 atom stereocenters. The van der Waals surface area contributed by atoms with Gasteiger partial charge in [-0.15, -0.1) is 10.2 Å². The van der Waals surface area contributed by atoms with Crippen LogP contribution in [0.3, 0.4) is 0 Å². The van der Waals surface area contributed by atoms with Crippen LogP contribution >= 0.6 is 11.8 Å². The number of nitrogens with zero attached hydrogens (tertiary/aromatic N) is 3. The van der Waals surface area contributed by atoms with E-state index in [-0.39, 0.29) is 23.1 Å². The largest absolute Gasteiger partial charge is 0.351 e. The highest BCUT2D eigenvalue weighted by Crippen LogP contribution is 2.22. The van der Waals surface area contributed by atoms with E-state index in [9.17, 15) is 13.2 Å². The molecule has 8 nitrogen and oxygen atoms in total. The smallest absolute Gasteiger partial charge is 0.240 e. The number of aryl methyl sites for hydroxylation is 1. The minimum atomic E-state index is -3.52. The lowest BCUT2D eigenvalue weighted by molar-refractivity contribution is -0.118. The van der Waals surface area contributed by atoms with Crippen molar-refractivity contribution in [2.45, 2.75) is 29.9 Å². The second-order valence-electron chi connectivity index (χ2n) is 6.39. The maximum absolute atomic E-state index is 12.3. The molecule has 0 aliphatic carbocycles. The minimum absolute atomic E-state index is 0.161. The molecule has 0 saturated heterocycles. The van der Waals surface area contributed by atoms with Crippen LogP contribution < -0.4 is 10.0 Å². The van der Waals surface area contributed by atoms with E-state index in [0.717, 1.165) is 12.1 Å². The lowest BCUT2D eigenvalue weighted by Crippen LogP contribution is -2.25. The Morgan fingerprint density at radius 3 is 2.73 bits per heavy atom. The molecule has 10 heteroatoms. The van der Waals surface area contributed by atoms with Gasteiger partial charge in [0.2, 0.25) is 15.9 Å². The number of hydrogen-bond acceptors (Lipinski definition) is 6. The molecule has 0 aliphatic rings. The summed E-state index contributed by atoms with van der Waals surface area (Å²) in [6.45, 7) is 2.32. The van der Waals surface area contributed by atoms with Crippen LogP contribution in [0.1, 0.15) is 18.1 Å². The molecule has 2 aromatic carbocycles. The molecule has 3 rings (SSSR count). The van der Waals surface area contributed by atoms with E-state index < -0.39 is 10.0 Å². The van der Waals surface area contributed by atoms with E-state index >= 15 is 0 Å². The fraction of sp³-hybridized carbons (Fsp3) is 0.250. The zero-order chi connectivity index (χ0) is 21.6. The normalized spacial score (nSPS) is 11.4. The molecular weight excluding hydrogens is 422 g/mol. The van der Waals surface area contributed by atoms with Crippen molar-refractivity contribution in [2.24, 2.45) is 0 Å². The molecule has 1 amide bonds. The molecule has 0 aliphatic heterocycles. The van der Waals surface area contributed by atoms with Gasteiger partial charge in [-0.25, -0.2) is 13.1 Å². The number of sulfonamides is 1. The summed E-state index contributed by atoms with van der Waals surface area (Å²) in [5.74, 6) is -0.0122. The van der Waals surface area contributed by atoms with Gasteiger partial charge in [0, 0.05) is 6.54 Å². The molecule has 1 aromatic heterocycles. The summed E-state index contributed by atoms with van der Waals surface area (Å²) in [6, 6.07) is 14.5. The molecule has 3 aromatic rings. The third kappa shape index (κ3) is 5.26. The number of hydrogen-bond donors (Lipinski definition) is 2. The van der Waals surface area contributed by atoms with Crippen LogP contribution in [0.4, 0.5) is 0 Å². The number of aromatic nitrogens is 3. The predicted octanol–water partition coefficient (Wildman–Crippen LogP) is 2.15. The number of amides is 1. The lowest BCUT2D eigenvalue weighted by atomic mass is 10.1. The quantitative estimate of drug-likeness (QED) is 0.489. The first-order valence-electron chi connectivity index (χ1n) is 9.35. The maximum Gasteiger partial charge on any atom is 0.240 e.